The number of fused-ring (bicyclic) bond motifs is 2. The zero-order valence-corrected chi connectivity index (χ0v) is 21.3. The summed E-state index contributed by atoms with van der Waals surface area (Å²) in [5.41, 5.74) is 6.87. The number of aryl methyl sites for hydroxylation is 2. The zero-order valence-electron chi connectivity index (χ0n) is 19.6. The third-order valence-electron chi connectivity index (χ3n) is 6.19. The monoisotopic (exact) mass is 503 g/mol. The normalized spacial score (nSPS) is 13.8. The van der Waals surface area contributed by atoms with E-state index in [4.69, 9.17) is 0 Å². The number of anilines is 2. The minimum Gasteiger partial charge on any atom is -0.320 e. The summed E-state index contributed by atoms with van der Waals surface area (Å²) in [4.78, 5) is 12.9. The van der Waals surface area contributed by atoms with E-state index < -0.39 is 15.5 Å². The van der Waals surface area contributed by atoms with E-state index in [1.54, 1.807) is 36.0 Å². The smallest absolute Gasteiger partial charge is 0.286 e. The third-order valence-corrected chi connectivity index (χ3v) is 8.62. The predicted molar refractivity (Wildman–Crippen MR) is 141 cm³/mol. The summed E-state index contributed by atoms with van der Waals surface area (Å²) in [5, 5.41) is -1.14. The van der Waals surface area contributed by atoms with Crippen LogP contribution in [0.1, 0.15) is 24.5 Å². The van der Waals surface area contributed by atoms with Crippen LogP contribution < -0.4 is 4.90 Å². The van der Waals surface area contributed by atoms with Gasteiger partial charge in [-0.05, 0) is 67.8 Å². The molecule has 0 amide bonds. The molecule has 4 aromatic rings. The van der Waals surface area contributed by atoms with Gasteiger partial charge in [-0.1, -0.05) is 43.0 Å². The summed E-state index contributed by atoms with van der Waals surface area (Å²) < 4.78 is 35.4. The van der Waals surface area contributed by atoms with Gasteiger partial charge >= 0.3 is 0 Å². The Kier molecular flexibility index (Phi) is 6.13. The number of hydrogen-bond acceptors (Lipinski definition) is 6. The molecule has 1 N–H and O–H groups in total. The molecule has 1 atom stereocenters. The maximum Gasteiger partial charge on any atom is 0.286 e. The van der Waals surface area contributed by atoms with Crippen LogP contribution in [0.25, 0.3) is 22.5 Å². The molecular formula is C27H25N3O3S2. The average Bonchev–Trinajstić information content (AvgIpc) is 2.83. The van der Waals surface area contributed by atoms with Gasteiger partial charge in [0, 0.05) is 33.3 Å². The van der Waals surface area contributed by atoms with Crippen LogP contribution >= 0.6 is 11.8 Å². The molecular weight excluding hydrogens is 478 g/mol. The fourth-order valence-corrected chi connectivity index (χ4v) is 6.67. The van der Waals surface area contributed by atoms with Crippen LogP contribution in [0.3, 0.4) is 0 Å². The van der Waals surface area contributed by atoms with Gasteiger partial charge in [0.2, 0.25) is 0 Å². The number of nitrogens with zero attached hydrogens (tertiary/aromatic N) is 3. The molecule has 8 heteroatoms. The van der Waals surface area contributed by atoms with Gasteiger partial charge in [-0.2, -0.15) is 8.42 Å². The molecule has 178 valence electrons. The lowest BCUT2D eigenvalue weighted by molar-refractivity contribution is 0.464. The first kappa shape index (κ1) is 23.5. The van der Waals surface area contributed by atoms with Crippen molar-refractivity contribution in [1.29, 1.82) is 0 Å². The highest BCUT2D eigenvalue weighted by atomic mass is 32.2. The summed E-state index contributed by atoms with van der Waals surface area (Å²) in [7, 11) is -4.39. The average molecular weight is 504 g/mol. The van der Waals surface area contributed by atoms with Gasteiger partial charge in [0.05, 0.1) is 22.8 Å². The van der Waals surface area contributed by atoms with Gasteiger partial charge in [-0.25, -0.2) is 0 Å². The molecule has 2 aromatic carbocycles. The topological polar surface area (TPSA) is 83.4 Å². The van der Waals surface area contributed by atoms with Gasteiger partial charge in [0.25, 0.3) is 10.1 Å². The van der Waals surface area contributed by atoms with Crippen LogP contribution in [0.2, 0.25) is 0 Å². The lowest BCUT2D eigenvalue weighted by Crippen LogP contribution is -2.38. The Hall–Kier alpha value is -3.20. The fraction of sp³-hybridized carbons (Fsp3) is 0.185. The molecule has 6 nitrogen and oxygen atoms in total. The van der Waals surface area contributed by atoms with E-state index in [9.17, 15) is 13.0 Å². The Labute approximate surface area is 209 Å². The van der Waals surface area contributed by atoms with Crippen LogP contribution in [0.4, 0.5) is 11.4 Å². The Bertz CT molecular complexity index is 1540. The number of rotatable bonds is 5. The number of para-hydroxylation sites is 1. The standard InChI is InChI=1S/C27H25N3O3S2/c1-4-24(35(31,32)33)30-21-11-5-6-12-23(21)34-27-20(26-18(3)10-8-14-29-26)15-19(16-22(27)30)25-17(2)9-7-13-28-25/h5-16,24H,4H2,1-3H3,(H,31,32,33). The molecule has 2 aromatic heterocycles. The molecule has 5 rings (SSSR count). The zero-order chi connectivity index (χ0) is 24.7. The summed E-state index contributed by atoms with van der Waals surface area (Å²) >= 11 is 1.58. The summed E-state index contributed by atoms with van der Waals surface area (Å²) in [6.45, 7) is 5.78. The van der Waals surface area contributed by atoms with Crippen LogP contribution in [-0.2, 0) is 10.1 Å². The largest absolute Gasteiger partial charge is 0.320 e. The first-order chi connectivity index (χ1) is 16.8. The highest BCUT2D eigenvalue weighted by Gasteiger charge is 2.37. The molecule has 0 aliphatic carbocycles. The van der Waals surface area contributed by atoms with E-state index in [-0.39, 0.29) is 6.42 Å². The van der Waals surface area contributed by atoms with Gasteiger partial charge in [-0.3, -0.25) is 14.5 Å². The van der Waals surface area contributed by atoms with Crippen LogP contribution in [0.5, 0.6) is 0 Å². The molecule has 35 heavy (non-hydrogen) atoms. The van der Waals surface area contributed by atoms with E-state index in [1.165, 1.54) is 0 Å². The van der Waals surface area contributed by atoms with Crippen molar-refractivity contribution in [1.82, 2.24) is 9.97 Å². The molecule has 1 aliphatic rings. The maximum absolute atomic E-state index is 12.6. The quantitative estimate of drug-likeness (QED) is 0.305. The Morgan fingerprint density at radius 3 is 2.20 bits per heavy atom. The van der Waals surface area contributed by atoms with E-state index in [0.29, 0.717) is 5.69 Å². The van der Waals surface area contributed by atoms with Crippen LogP contribution in [0, 0.1) is 13.8 Å². The predicted octanol–water partition coefficient (Wildman–Crippen LogP) is 6.65. The Balaban J connectivity index is 1.88. The number of hydrogen-bond donors (Lipinski definition) is 1. The van der Waals surface area contributed by atoms with E-state index in [0.717, 1.165) is 49.1 Å². The van der Waals surface area contributed by atoms with E-state index >= 15 is 0 Å². The first-order valence-electron chi connectivity index (χ1n) is 11.3. The summed E-state index contributed by atoms with van der Waals surface area (Å²) in [6, 6.07) is 19.5. The van der Waals surface area contributed by atoms with Crippen molar-refractivity contribution in [2.24, 2.45) is 0 Å². The maximum atomic E-state index is 12.6. The van der Waals surface area contributed by atoms with Crippen molar-refractivity contribution < 1.29 is 13.0 Å². The van der Waals surface area contributed by atoms with Crippen LogP contribution in [0.15, 0.2) is 82.8 Å². The molecule has 0 saturated carbocycles. The molecule has 0 bridgehead atoms. The number of aromatic nitrogens is 2. The molecule has 3 heterocycles. The summed E-state index contributed by atoms with van der Waals surface area (Å²) in [6.07, 6.45) is 3.73. The highest BCUT2D eigenvalue weighted by Crippen LogP contribution is 2.54. The molecule has 1 unspecified atom stereocenters. The van der Waals surface area contributed by atoms with Crippen molar-refractivity contribution in [3.63, 3.8) is 0 Å². The van der Waals surface area contributed by atoms with Crippen molar-refractivity contribution in [3.8, 4) is 22.5 Å². The number of benzene rings is 2. The second kappa shape index (κ2) is 9.11. The van der Waals surface area contributed by atoms with Gasteiger partial charge in [0.15, 0.2) is 5.37 Å². The van der Waals surface area contributed by atoms with Crippen molar-refractivity contribution >= 4 is 33.3 Å². The number of pyridine rings is 2. The Morgan fingerprint density at radius 2 is 1.57 bits per heavy atom. The van der Waals surface area contributed by atoms with Crippen molar-refractivity contribution in [2.75, 3.05) is 4.90 Å². The lowest BCUT2D eigenvalue weighted by Gasteiger charge is -2.38. The Morgan fingerprint density at radius 1 is 0.914 bits per heavy atom. The molecule has 0 fully saturated rings. The fourth-order valence-electron chi connectivity index (χ4n) is 4.59. The highest BCUT2D eigenvalue weighted by molar-refractivity contribution is 8.00. The van der Waals surface area contributed by atoms with Gasteiger partial charge in [-0.15, -0.1) is 0 Å². The van der Waals surface area contributed by atoms with Crippen LogP contribution in [-0.4, -0.2) is 28.3 Å². The van der Waals surface area contributed by atoms with E-state index in [2.05, 4.69) is 16.0 Å². The van der Waals surface area contributed by atoms with Gasteiger partial charge < -0.3 is 4.90 Å². The first-order valence-corrected chi connectivity index (χ1v) is 13.7. The second-order valence-electron chi connectivity index (χ2n) is 8.53. The molecule has 0 spiro atoms. The SMILES string of the molecule is CCC(N1c2ccccc2Sc2c(-c3ncccc3C)cc(-c3ncccc3C)cc21)S(=O)(=O)O. The summed E-state index contributed by atoms with van der Waals surface area (Å²) in [5.74, 6) is 0. The minimum atomic E-state index is -4.39. The second-order valence-corrected chi connectivity index (χ2v) is 11.2. The van der Waals surface area contributed by atoms with Crippen molar-refractivity contribution in [2.45, 2.75) is 42.4 Å². The van der Waals surface area contributed by atoms with Gasteiger partial charge in [0.1, 0.15) is 0 Å². The molecule has 1 aliphatic heterocycles. The van der Waals surface area contributed by atoms with E-state index in [1.807, 2.05) is 68.4 Å². The molecule has 0 radical (unpaired) electrons. The van der Waals surface area contributed by atoms with Crippen molar-refractivity contribution in [3.05, 3.63) is 84.2 Å². The molecule has 0 saturated heterocycles. The minimum absolute atomic E-state index is 0.210. The lowest BCUT2D eigenvalue weighted by atomic mass is 9.98. The third kappa shape index (κ3) is 4.22.